The summed E-state index contributed by atoms with van der Waals surface area (Å²) in [5, 5.41) is 3.72. The fourth-order valence-electron chi connectivity index (χ4n) is 2.56. The molecule has 0 heterocycles. The van der Waals surface area contributed by atoms with E-state index >= 15 is 0 Å². The maximum absolute atomic E-state index is 11.2. The Morgan fingerprint density at radius 1 is 1.45 bits per heavy atom. The Kier molecular flexibility index (Phi) is 4.99. The summed E-state index contributed by atoms with van der Waals surface area (Å²) in [5.74, 6) is 1.75. The molecule has 20 heavy (non-hydrogen) atoms. The lowest BCUT2D eigenvalue weighted by Gasteiger charge is -2.19. The van der Waals surface area contributed by atoms with Crippen LogP contribution in [0, 0.1) is 0 Å². The zero-order valence-electron chi connectivity index (χ0n) is 12.0. The maximum Gasteiger partial charge on any atom is 0.148 e. The Labute approximate surface area is 125 Å². The van der Waals surface area contributed by atoms with E-state index in [2.05, 4.69) is 17.4 Å². The molecule has 0 aromatic heterocycles. The Morgan fingerprint density at radius 2 is 2.20 bits per heavy atom. The molecule has 0 spiro atoms. The minimum absolute atomic E-state index is 0.240. The number of sulfone groups is 1. The number of ether oxygens (including phenoxy) is 1. The van der Waals surface area contributed by atoms with Crippen LogP contribution in [0.15, 0.2) is 18.2 Å². The molecule has 0 radical (unpaired) electrons. The van der Waals surface area contributed by atoms with Gasteiger partial charge in [-0.1, -0.05) is 6.07 Å². The molecule has 2 rings (SSSR count). The topological polar surface area (TPSA) is 55.4 Å². The van der Waals surface area contributed by atoms with Crippen molar-refractivity contribution >= 4 is 21.6 Å². The van der Waals surface area contributed by atoms with Gasteiger partial charge in [-0.05, 0) is 36.7 Å². The minimum Gasteiger partial charge on any atom is -0.497 e. The van der Waals surface area contributed by atoms with E-state index in [1.165, 1.54) is 17.4 Å². The third kappa shape index (κ3) is 3.68. The van der Waals surface area contributed by atoms with Gasteiger partial charge >= 0.3 is 0 Å². The van der Waals surface area contributed by atoms with E-state index in [0.717, 1.165) is 12.2 Å². The second-order valence-electron chi connectivity index (χ2n) is 5.07. The van der Waals surface area contributed by atoms with E-state index in [-0.39, 0.29) is 11.8 Å². The Morgan fingerprint density at radius 3 is 2.80 bits per heavy atom. The van der Waals surface area contributed by atoms with Gasteiger partial charge in [0.05, 0.1) is 12.9 Å². The average molecular weight is 315 g/mol. The normalized spacial score (nSPS) is 21.8. The summed E-state index contributed by atoms with van der Waals surface area (Å²) in [6.45, 7) is 0. The summed E-state index contributed by atoms with van der Waals surface area (Å²) in [5.41, 5.74) is 2.59. The third-order valence-electron chi connectivity index (χ3n) is 3.58. The largest absolute Gasteiger partial charge is 0.497 e. The summed E-state index contributed by atoms with van der Waals surface area (Å²) in [6.07, 6.45) is 2.26. The predicted molar refractivity (Wildman–Crippen MR) is 84.5 cm³/mol. The average Bonchev–Trinajstić information content (AvgIpc) is 2.73. The molecule has 1 aliphatic rings. The van der Waals surface area contributed by atoms with Crippen molar-refractivity contribution < 1.29 is 13.2 Å². The highest BCUT2D eigenvalue weighted by Gasteiger charge is 2.32. The molecule has 0 aliphatic heterocycles. The summed E-state index contributed by atoms with van der Waals surface area (Å²) in [6, 6.07) is 6.42. The molecule has 0 bridgehead atoms. The van der Waals surface area contributed by atoms with Crippen LogP contribution in [0.4, 0.5) is 0 Å². The second kappa shape index (κ2) is 6.37. The van der Waals surface area contributed by atoms with Crippen LogP contribution < -0.4 is 10.1 Å². The van der Waals surface area contributed by atoms with Gasteiger partial charge in [0, 0.05) is 23.3 Å². The number of methoxy groups -OCH3 is 1. The molecule has 1 aromatic rings. The first-order chi connectivity index (χ1) is 9.44. The SMILES string of the molecule is CNC1c2cc(OC)ccc2CC1SCCS(C)(=O)=O. The monoisotopic (exact) mass is 315 g/mol. The maximum atomic E-state index is 11.2. The van der Waals surface area contributed by atoms with Gasteiger partial charge in [0.15, 0.2) is 0 Å². The van der Waals surface area contributed by atoms with Crippen molar-refractivity contribution in [2.75, 3.05) is 31.9 Å². The summed E-state index contributed by atoms with van der Waals surface area (Å²) in [4.78, 5) is 0. The molecule has 2 atom stereocenters. The molecule has 1 aromatic carbocycles. The zero-order chi connectivity index (χ0) is 14.8. The van der Waals surface area contributed by atoms with Gasteiger partial charge < -0.3 is 10.1 Å². The highest BCUT2D eigenvalue weighted by molar-refractivity contribution is 8.01. The van der Waals surface area contributed by atoms with Crippen LogP contribution in [0.25, 0.3) is 0 Å². The van der Waals surface area contributed by atoms with Crippen molar-refractivity contribution in [2.24, 2.45) is 0 Å². The van der Waals surface area contributed by atoms with Gasteiger partial charge in [-0.25, -0.2) is 8.42 Å². The van der Waals surface area contributed by atoms with Crippen LogP contribution in [-0.2, 0) is 16.3 Å². The Balaban J connectivity index is 2.07. The quantitative estimate of drug-likeness (QED) is 0.865. The molecule has 0 saturated heterocycles. The van der Waals surface area contributed by atoms with Crippen LogP contribution in [0.5, 0.6) is 5.75 Å². The van der Waals surface area contributed by atoms with E-state index in [1.807, 2.05) is 13.1 Å². The summed E-state index contributed by atoms with van der Waals surface area (Å²) in [7, 11) is 0.738. The van der Waals surface area contributed by atoms with Crippen molar-refractivity contribution in [3.05, 3.63) is 29.3 Å². The lowest BCUT2D eigenvalue weighted by atomic mass is 10.1. The number of rotatable bonds is 6. The van der Waals surface area contributed by atoms with Gasteiger partial charge in [0.1, 0.15) is 15.6 Å². The highest BCUT2D eigenvalue weighted by Crippen LogP contribution is 2.39. The number of hydrogen-bond acceptors (Lipinski definition) is 5. The number of nitrogens with one attached hydrogen (secondary N) is 1. The molecule has 0 fully saturated rings. The molecule has 0 saturated carbocycles. The Bertz CT molecular complexity index is 572. The lowest BCUT2D eigenvalue weighted by molar-refractivity contribution is 0.413. The fourth-order valence-corrected chi connectivity index (χ4v) is 5.23. The van der Waals surface area contributed by atoms with Gasteiger partial charge in [-0.2, -0.15) is 11.8 Å². The van der Waals surface area contributed by atoms with E-state index in [1.54, 1.807) is 18.9 Å². The first-order valence-electron chi connectivity index (χ1n) is 6.58. The number of benzene rings is 1. The van der Waals surface area contributed by atoms with Crippen molar-refractivity contribution in [1.82, 2.24) is 5.32 Å². The standard InChI is InChI=1S/C14H21NO3S2/c1-15-14-12-9-11(18-2)5-4-10(12)8-13(14)19-6-7-20(3,16)17/h4-5,9,13-15H,6-8H2,1-3H3. The van der Waals surface area contributed by atoms with Gasteiger partial charge in [0.2, 0.25) is 0 Å². The smallest absolute Gasteiger partial charge is 0.148 e. The van der Waals surface area contributed by atoms with E-state index in [0.29, 0.717) is 11.0 Å². The zero-order valence-corrected chi connectivity index (χ0v) is 13.7. The van der Waals surface area contributed by atoms with E-state index in [9.17, 15) is 8.42 Å². The van der Waals surface area contributed by atoms with Crippen LogP contribution >= 0.6 is 11.8 Å². The van der Waals surface area contributed by atoms with Crippen molar-refractivity contribution in [2.45, 2.75) is 17.7 Å². The second-order valence-corrected chi connectivity index (χ2v) is 8.68. The molecule has 112 valence electrons. The molecule has 6 heteroatoms. The van der Waals surface area contributed by atoms with E-state index in [4.69, 9.17) is 4.74 Å². The van der Waals surface area contributed by atoms with Gasteiger partial charge in [-0.15, -0.1) is 0 Å². The van der Waals surface area contributed by atoms with Crippen molar-refractivity contribution in [1.29, 1.82) is 0 Å². The van der Waals surface area contributed by atoms with Crippen LogP contribution in [0.3, 0.4) is 0 Å². The fraction of sp³-hybridized carbons (Fsp3) is 0.571. The third-order valence-corrected chi connectivity index (χ3v) is 6.09. The lowest BCUT2D eigenvalue weighted by Crippen LogP contribution is -2.24. The number of fused-ring (bicyclic) bond motifs is 1. The predicted octanol–water partition coefficient (Wildman–Crippen LogP) is 1.66. The molecule has 1 N–H and O–H groups in total. The van der Waals surface area contributed by atoms with Crippen LogP contribution in [0.1, 0.15) is 17.2 Å². The number of hydrogen-bond donors (Lipinski definition) is 1. The molecular formula is C14H21NO3S2. The highest BCUT2D eigenvalue weighted by atomic mass is 32.2. The summed E-state index contributed by atoms with van der Waals surface area (Å²) >= 11 is 1.73. The Hall–Kier alpha value is -0.720. The van der Waals surface area contributed by atoms with Crippen LogP contribution in [0.2, 0.25) is 0 Å². The van der Waals surface area contributed by atoms with Crippen LogP contribution in [-0.4, -0.2) is 45.6 Å². The molecular weight excluding hydrogens is 294 g/mol. The minimum atomic E-state index is -2.88. The first kappa shape index (κ1) is 15.7. The van der Waals surface area contributed by atoms with Gasteiger partial charge in [0.25, 0.3) is 0 Å². The van der Waals surface area contributed by atoms with Crippen molar-refractivity contribution in [3.63, 3.8) is 0 Å². The van der Waals surface area contributed by atoms with Crippen molar-refractivity contribution in [3.8, 4) is 5.75 Å². The molecule has 2 unspecified atom stereocenters. The molecule has 0 amide bonds. The van der Waals surface area contributed by atoms with Gasteiger partial charge in [-0.3, -0.25) is 0 Å². The first-order valence-corrected chi connectivity index (χ1v) is 9.69. The summed E-state index contributed by atoms with van der Waals surface area (Å²) < 4.78 is 27.7. The molecule has 1 aliphatic carbocycles. The molecule has 4 nitrogen and oxygen atoms in total. The van der Waals surface area contributed by atoms with E-state index < -0.39 is 9.84 Å². The number of thioether (sulfide) groups is 1.